The maximum Gasteiger partial charge on any atom is 0.105 e. The number of nitrogens with one attached hydrogen (secondary N) is 1. The number of aromatic nitrogens is 2. The average molecular weight is 496 g/mol. The van der Waals surface area contributed by atoms with Crippen molar-refractivity contribution in [1.82, 2.24) is 15.1 Å². The minimum atomic E-state index is -0.949. The zero-order valence-electron chi connectivity index (χ0n) is 20.6. The van der Waals surface area contributed by atoms with Crippen LogP contribution in [0, 0.1) is 11.3 Å². The van der Waals surface area contributed by atoms with Crippen molar-refractivity contribution in [3.8, 4) is 0 Å². The van der Waals surface area contributed by atoms with E-state index in [-0.39, 0.29) is 17.4 Å². The molecule has 2 bridgehead atoms. The lowest BCUT2D eigenvalue weighted by atomic mass is 9.54. The number of aromatic amines is 1. The maximum absolute atomic E-state index is 11.2. The lowest BCUT2D eigenvalue weighted by molar-refractivity contribution is -0.199. The molecule has 3 heterocycles. The smallest absolute Gasteiger partial charge is 0.105 e. The van der Waals surface area contributed by atoms with E-state index in [1.165, 1.54) is 11.1 Å². The molecule has 1 aromatic carbocycles. The second-order valence-electron chi connectivity index (χ2n) is 12.1. The fraction of sp³-hybridized carbons (Fsp3) is 0.607. The lowest BCUT2D eigenvalue weighted by Crippen LogP contribution is -2.68. The number of alkyl halides is 1. The number of halogens is 1. The number of ether oxygens (including phenoxy) is 1. The molecule has 7 heteroatoms. The predicted molar refractivity (Wildman–Crippen MR) is 136 cm³/mol. The van der Waals surface area contributed by atoms with Crippen molar-refractivity contribution in [2.45, 2.75) is 79.8 Å². The first kappa shape index (κ1) is 22.5. The van der Waals surface area contributed by atoms with Gasteiger partial charge in [0.15, 0.2) is 0 Å². The molecule has 35 heavy (non-hydrogen) atoms. The van der Waals surface area contributed by atoms with Crippen molar-refractivity contribution >= 4 is 28.1 Å². The number of benzene rings is 1. The van der Waals surface area contributed by atoms with Gasteiger partial charge in [0.25, 0.3) is 0 Å². The molecule has 186 valence electrons. The van der Waals surface area contributed by atoms with E-state index >= 15 is 0 Å². The summed E-state index contributed by atoms with van der Waals surface area (Å²) in [5, 5.41) is 30.6. The Kier molecular flexibility index (Phi) is 4.49. The van der Waals surface area contributed by atoms with Gasteiger partial charge in [0.05, 0.1) is 33.9 Å². The molecule has 1 aromatic heterocycles. The zero-order valence-corrected chi connectivity index (χ0v) is 21.3. The molecule has 5 aliphatic rings. The summed E-state index contributed by atoms with van der Waals surface area (Å²) in [6.45, 7) is 2.40. The Morgan fingerprint density at radius 2 is 2.00 bits per heavy atom. The van der Waals surface area contributed by atoms with Crippen LogP contribution in [0.4, 0.5) is 0 Å². The zero-order chi connectivity index (χ0) is 24.4. The molecule has 7 rings (SSSR count). The second-order valence-corrected chi connectivity index (χ2v) is 12.8. The van der Waals surface area contributed by atoms with Crippen LogP contribution in [-0.4, -0.2) is 73.7 Å². The van der Waals surface area contributed by atoms with E-state index in [1.54, 1.807) is 0 Å². The molecule has 2 unspecified atom stereocenters. The number of nitrogens with zero attached hydrogens (tertiary/aromatic N) is 2. The summed E-state index contributed by atoms with van der Waals surface area (Å²) in [5.74, 6) is 0.257. The fourth-order valence-electron chi connectivity index (χ4n) is 8.53. The van der Waals surface area contributed by atoms with Gasteiger partial charge in [-0.25, -0.2) is 0 Å². The summed E-state index contributed by atoms with van der Waals surface area (Å²) in [5.41, 5.74) is 3.41. The van der Waals surface area contributed by atoms with Crippen molar-refractivity contribution in [3.63, 3.8) is 0 Å². The van der Waals surface area contributed by atoms with Crippen LogP contribution < -0.4 is 0 Å². The van der Waals surface area contributed by atoms with Crippen LogP contribution >= 0.6 is 11.6 Å². The van der Waals surface area contributed by atoms with Gasteiger partial charge in [-0.05, 0) is 80.8 Å². The van der Waals surface area contributed by atoms with Crippen LogP contribution in [0.25, 0.3) is 16.5 Å². The summed E-state index contributed by atoms with van der Waals surface area (Å²) >= 11 is 7.53. The van der Waals surface area contributed by atoms with E-state index in [2.05, 4.69) is 47.5 Å². The molecule has 2 aromatic rings. The van der Waals surface area contributed by atoms with Crippen molar-refractivity contribution in [1.29, 1.82) is 0 Å². The van der Waals surface area contributed by atoms with Crippen LogP contribution in [0.2, 0.25) is 0 Å². The normalized spacial score (nSPS) is 46.3. The number of hydrogen-bond acceptors (Lipinski definition) is 5. The highest BCUT2D eigenvalue weighted by Crippen LogP contribution is 2.71. The lowest BCUT2D eigenvalue weighted by Gasteiger charge is -2.61. The topological polar surface area (TPSA) is 81.6 Å². The summed E-state index contributed by atoms with van der Waals surface area (Å²) < 4.78 is 7.26. The van der Waals surface area contributed by atoms with Crippen molar-refractivity contribution in [2.75, 3.05) is 14.1 Å². The number of aliphatic hydroxyl groups is 2. The third-order valence-corrected chi connectivity index (χ3v) is 11.0. The number of rotatable bonds is 2. The second kappa shape index (κ2) is 6.99. The summed E-state index contributed by atoms with van der Waals surface area (Å²) in [6, 6.07) is 6.42. The highest BCUT2D eigenvalue weighted by molar-refractivity contribution is 6.26. The Hall–Kier alpha value is -1.70. The molecule has 0 amide bonds. The molecule has 8 atom stereocenters. The third kappa shape index (κ3) is 2.67. The maximum atomic E-state index is 11.2. The molecule has 3 N–H and O–H groups in total. The monoisotopic (exact) mass is 495 g/mol. The van der Waals surface area contributed by atoms with E-state index in [0.717, 1.165) is 48.6 Å². The molecule has 2 aliphatic heterocycles. The molecule has 3 fully saturated rings. The Morgan fingerprint density at radius 1 is 1.17 bits per heavy atom. The molecular weight excluding hydrogens is 462 g/mol. The Labute approximate surface area is 211 Å². The quantitative estimate of drug-likeness (QED) is 0.433. The minimum Gasteiger partial charge on any atom is -0.388 e. The average Bonchev–Trinajstić information content (AvgIpc) is 3.52. The van der Waals surface area contributed by atoms with Crippen molar-refractivity contribution in [3.05, 3.63) is 47.7 Å². The van der Waals surface area contributed by atoms with Gasteiger partial charge in [-0.3, -0.25) is 5.10 Å². The van der Waals surface area contributed by atoms with Gasteiger partial charge in [0.1, 0.15) is 6.10 Å². The summed E-state index contributed by atoms with van der Waals surface area (Å²) in [4.78, 5) is 1.34. The SMILES string of the molecule is CN(C)[C@H]1C[C@@]23CC[C@]4(O2)C2CC=C(c5ccc6cn[nH]c6c5)[C@@]2(C)CCC4(Cl)C=C3[C@@H](O)[C@@H]1O. The van der Waals surface area contributed by atoms with Crippen LogP contribution in [0.3, 0.4) is 0 Å². The first-order valence-electron chi connectivity index (χ1n) is 12.9. The number of fused-ring (bicyclic) bond motifs is 2. The van der Waals surface area contributed by atoms with E-state index in [4.69, 9.17) is 16.3 Å². The van der Waals surface area contributed by atoms with E-state index in [9.17, 15) is 10.2 Å². The van der Waals surface area contributed by atoms with Crippen LogP contribution in [-0.2, 0) is 4.74 Å². The van der Waals surface area contributed by atoms with Gasteiger partial charge in [0, 0.05) is 17.3 Å². The molecule has 2 spiro atoms. The van der Waals surface area contributed by atoms with Crippen molar-refractivity contribution in [2.24, 2.45) is 11.3 Å². The summed E-state index contributed by atoms with van der Waals surface area (Å²) in [6.07, 6.45) is 9.67. The molecule has 6 nitrogen and oxygen atoms in total. The standard InChI is InChI=1S/C28H34ClN3O3/c1-25-8-10-27(29)13-19-23(33)24(34)21(32(2)3)14-26(19)9-11-28(27,35-26)22(25)7-6-18(25)16-4-5-17-15-30-31-20(17)12-16/h4-6,12-13,15,21-24,33-34H,7-11,14H2,1-3H3,(H,30,31)/t21-,22?,23+,24+,25+,26+,27?,28-/m0/s1. The highest BCUT2D eigenvalue weighted by atomic mass is 35.5. The number of likely N-dealkylation sites (N-methyl/N-ethyl adjacent to an activating group) is 1. The molecule has 3 aliphatic carbocycles. The van der Waals surface area contributed by atoms with Gasteiger partial charge in [-0.1, -0.05) is 31.2 Å². The Bertz CT molecular complexity index is 1290. The number of aliphatic hydroxyl groups excluding tert-OH is 2. The first-order valence-corrected chi connectivity index (χ1v) is 13.3. The molecular formula is C28H34ClN3O3. The molecule has 2 saturated carbocycles. The number of hydrogen-bond donors (Lipinski definition) is 3. The molecule has 0 radical (unpaired) electrons. The fourth-order valence-corrected chi connectivity index (χ4v) is 9.01. The van der Waals surface area contributed by atoms with Gasteiger partial charge >= 0.3 is 0 Å². The van der Waals surface area contributed by atoms with E-state index in [1.807, 2.05) is 25.2 Å². The first-order chi connectivity index (χ1) is 16.6. The van der Waals surface area contributed by atoms with Crippen LogP contribution in [0.5, 0.6) is 0 Å². The van der Waals surface area contributed by atoms with Gasteiger partial charge in [0.2, 0.25) is 0 Å². The number of allylic oxidation sites excluding steroid dienone is 2. The minimum absolute atomic E-state index is 0.0449. The Morgan fingerprint density at radius 3 is 2.80 bits per heavy atom. The van der Waals surface area contributed by atoms with E-state index in [0.29, 0.717) is 6.42 Å². The number of H-pyrrole nitrogens is 1. The van der Waals surface area contributed by atoms with Crippen LogP contribution in [0.15, 0.2) is 42.1 Å². The third-order valence-electron chi connectivity index (χ3n) is 10.4. The molecule has 1 saturated heterocycles. The Balaban J connectivity index is 1.31. The largest absolute Gasteiger partial charge is 0.388 e. The van der Waals surface area contributed by atoms with Gasteiger partial charge in [-0.2, -0.15) is 5.10 Å². The van der Waals surface area contributed by atoms with Crippen LogP contribution in [0.1, 0.15) is 51.0 Å². The highest BCUT2D eigenvalue weighted by Gasteiger charge is 2.73. The van der Waals surface area contributed by atoms with Gasteiger partial charge < -0.3 is 19.8 Å². The predicted octanol–water partition coefficient (Wildman–Crippen LogP) is 4.03. The van der Waals surface area contributed by atoms with E-state index < -0.39 is 28.3 Å². The summed E-state index contributed by atoms with van der Waals surface area (Å²) in [7, 11) is 3.93. The van der Waals surface area contributed by atoms with Crippen molar-refractivity contribution < 1.29 is 14.9 Å². The van der Waals surface area contributed by atoms with Gasteiger partial charge in [-0.15, -0.1) is 11.6 Å².